The average Bonchev–Trinajstić information content (AvgIpc) is 2.84. The largest absolute Gasteiger partial charge is 0.497 e. The third kappa shape index (κ3) is 2.38. The number of benzene rings is 1. The number of halogens is 1. The second-order valence-electron chi connectivity index (χ2n) is 4.43. The lowest BCUT2D eigenvalue weighted by atomic mass is 10.2. The fourth-order valence-electron chi connectivity index (χ4n) is 2.12. The Hall–Kier alpha value is -2.34. The number of hydrogen-bond donors (Lipinski definition) is 1. The maximum atomic E-state index is 11.1. The van der Waals surface area contributed by atoms with Crippen molar-refractivity contribution in [2.45, 2.75) is 0 Å². The Kier molecular flexibility index (Phi) is 3.39. The second kappa shape index (κ2) is 5.21. The molecule has 0 saturated carbocycles. The van der Waals surface area contributed by atoms with Crippen LogP contribution in [0.4, 0.5) is 0 Å². The smallest absolute Gasteiger partial charge is 0.337 e. The van der Waals surface area contributed by atoms with Crippen molar-refractivity contribution in [3.05, 3.63) is 52.8 Å². The average molecular weight is 347 g/mol. The zero-order chi connectivity index (χ0) is 15.0. The molecule has 106 valence electrons. The number of imidazole rings is 1. The first-order valence-corrected chi connectivity index (χ1v) is 6.95. The van der Waals surface area contributed by atoms with Crippen molar-refractivity contribution in [3.8, 4) is 17.1 Å². The molecule has 0 saturated heterocycles. The van der Waals surface area contributed by atoms with Crippen LogP contribution in [-0.2, 0) is 0 Å². The van der Waals surface area contributed by atoms with Crippen LogP contribution in [0.5, 0.6) is 5.75 Å². The molecule has 6 heteroatoms. The van der Waals surface area contributed by atoms with Crippen molar-refractivity contribution < 1.29 is 14.6 Å². The van der Waals surface area contributed by atoms with Crippen LogP contribution in [0.25, 0.3) is 16.9 Å². The van der Waals surface area contributed by atoms with Crippen LogP contribution < -0.4 is 4.74 Å². The van der Waals surface area contributed by atoms with Gasteiger partial charge in [0.15, 0.2) is 0 Å². The van der Waals surface area contributed by atoms with Gasteiger partial charge in [-0.2, -0.15) is 0 Å². The molecule has 0 amide bonds. The van der Waals surface area contributed by atoms with Crippen LogP contribution in [0.3, 0.4) is 0 Å². The molecular weight excluding hydrogens is 336 g/mol. The van der Waals surface area contributed by atoms with Gasteiger partial charge in [-0.3, -0.25) is 4.40 Å². The van der Waals surface area contributed by atoms with E-state index in [1.165, 1.54) is 0 Å². The molecular formula is C15H11BrN2O3. The van der Waals surface area contributed by atoms with E-state index in [9.17, 15) is 4.79 Å². The van der Waals surface area contributed by atoms with E-state index in [0.717, 1.165) is 16.8 Å². The first kappa shape index (κ1) is 13.6. The van der Waals surface area contributed by atoms with Gasteiger partial charge in [0.1, 0.15) is 16.2 Å². The van der Waals surface area contributed by atoms with Crippen LogP contribution in [0.2, 0.25) is 0 Å². The van der Waals surface area contributed by atoms with Crippen molar-refractivity contribution in [1.29, 1.82) is 0 Å². The van der Waals surface area contributed by atoms with Crippen LogP contribution in [0.1, 0.15) is 10.4 Å². The molecule has 0 aliphatic heterocycles. The van der Waals surface area contributed by atoms with Gasteiger partial charge in [-0.15, -0.1) is 0 Å². The minimum Gasteiger partial charge on any atom is -0.497 e. The van der Waals surface area contributed by atoms with Crippen LogP contribution in [-0.4, -0.2) is 27.6 Å². The standard InChI is InChI=1S/C15H11BrN2O3/c1-21-11-5-2-9(3-6-11)14-17-13(16)12-7-4-10(15(19)20)8-18(12)14/h2-8H,1H3,(H,19,20). The molecule has 21 heavy (non-hydrogen) atoms. The summed E-state index contributed by atoms with van der Waals surface area (Å²) in [6, 6.07) is 10.7. The van der Waals surface area contributed by atoms with E-state index in [-0.39, 0.29) is 5.56 Å². The van der Waals surface area contributed by atoms with Gasteiger partial charge in [0.2, 0.25) is 0 Å². The van der Waals surface area contributed by atoms with Gasteiger partial charge in [-0.1, -0.05) is 0 Å². The fraction of sp³-hybridized carbons (Fsp3) is 0.0667. The van der Waals surface area contributed by atoms with E-state index in [4.69, 9.17) is 9.84 Å². The highest BCUT2D eigenvalue weighted by atomic mass is 79.9. The van der Waals surface area contributed by atoms with Crippen molar-refractivity contribution in [3.63, 3.8) is 0 Å². The first-order valence-electron chi connectivity index (χ1n) is 6.15. The van der Waals surface area contributed by atoms with Crippen molar-refractivity contribution in [1.82, 2.24) is 9.38 Å². The number of aromatic nitrogens is 2. The van der Waals surface area contributed by atoms with Gasteiger partial charge in [0.05, 0.1) is 18.2 Å². The lowest BCUT2D eigenvalue weighted by molar-refractivity contribution is 0.0696. The molecule has 0 unspecified atom stereocenters. The van der Waals surface area contributed by atoms with Crippen molar-refractivity contribution in [2.24, 2.45) is 0 Å². The van der Waals surface area contributed by atoms with Gasteiger partial charge in [0.25, 0.3) is 0 Å². The highest BCUT2D eigenvalue weighted by molar-refractivity contribution is 9.10. The topological polar surface area (TPSA) is 63.8 Å². The Morgan fingerprint density at radius 1 is 1.24 bits per heavy atom. The Bertz CT molecular complexity index is 825. The SMILES string of the molecule is COc1ccc(-c2nc(Br)c3ccc(C(=O)O)cn23)cc1. The third-order valence-electron chi connectivity index (χ3n) is 3.19. The predicted octanol–water partition coefficient (Wildman–Crippen LogP) is 3.47. The fourth-order valence-corrected chi connectivity index (χ4v) is 2.61. The van der Waals surface area contributed by atoms with E-state index in [2.05, 4.69) is 20.9 Å². The van der Waals surface area contributed by atoms with Gasteiger partial charge in [0, 0.05) is 11.8 Å². The highest BCUT2D eigenvalue weighted by Crippen LogP contribution is 2.27. The number of aromatic carboxylic acids is 1. The summed E-state index contributed by atoms with van der Waals surface area (Å²) in [6.45, 7) is 0. The van der Waals surface area contributed by atoms with E-state index >= 15 is 0 Å². The van der Waals surface area contributed by atoms with Gasteiger partial charge < -0.3 is 9.84 Å². The zero-order valence-electron chi connectivity index (χ0n) is 11.1. The number of ether oxygens (including phenoxy) is 1. The van der Waals surface area contributed by atoms with Crippen LogP contribution in [0.15, 0.2) is 47.2 Å². The number of nitrogens with zero attached hydrogens (tertiary/aromatic N) is 2. The van der Waals surface area contributed by atoms with Gasteiger partial charge in [-0.25, -0.2) is 9.78 Å². The lowest BCUT2D eigenvalue weighted by Gasteiger charge is -2.04. The maximum absolute atomic E-state index is 11.1. The molecule has 3 aromatic rings. The Labute approximate surface area is 128 Å². The summed E-state index contributed by atoms with van der Waals surface area (Å²) in [5, 5.41) is 9.12. The highest BCUT2D eigenvalue weighted by Gasteiger charge is 2.13. The van der Waals surface area contributed by atoms with Gasteiger partial charge >= 0.3 is 5.97 Å². The van der Waals surface area contributed by atoms with Crippen molar-refractivity contribution in [2.75, 3.05) is 7.11 Å². The quantitative estimate of drug-likeness (QED) is 0.788. The molecule has 0 fully saturated rings. The summed E-state index contributed by atoms with van der Waals surface area (Å²) in [5.41, 5.74) is 1.90. The Balaban J connectivity index is 2.20. The number of methoxy groups -OCH3 is 1. The number of rotatable bonds is 3. The number of carboxylic acids is 1. The molecule has 2 aromatic heterocycles. The molecule has 0 aliphatic carbocycles. The second-order valence-corrected chi connectivity index (χ2v) is 5.18. The van der Waals surface area contributed by atoms with Crippen LogP contribution >= 0.6 is 15.9 Å². The van der Waals surface area contributed by atoms with Gasteiger partial charge in [-0.05, 0) is 52.3 Å². The Morgan fingerprint density at radius 2 is 1.95 bits per heavy atom. The molecule has 0 atom stereocenters. The molecule has 1 aromatic carbocycles. The van der Waals surface area contributed by atoms with E-state index in [0.29, 0.717) is 10.4 Å². The minimum absolute atomic E-state index is 0.210. The molecule has 3 rings (SSSR count). The Morgan fingerprint density at radius 3 is 2.57 bits per heavy atom. The monoisotopic (exact) mass is 346 g/mol. The summed E-state index contributed by atoms with van der Waals surface area (Å²) in [7, 11) is 1.61. The number of hydrogen-bond acceptors (Lipinski definition) is 3. The van der Waals surface area contributed by atoms with Crippen molar-refractivity contribution >= 4 is 27.4 Å². The summed E-state index contributed by atoms with van der Waals surface area (Å²) < 4.78 is 7.56. The number of carboxylic acid groups (broad SMARTS) is 1. The van der Waals surface area contributed by atoms with E-state index in [1.54, 1.807) is 29.8 Å². The lowest BCUT2D eigenvalue weighted by Crippen LogP contribution is -1.99. The summed E-state index contributed by atoms with van der Waals surface area (Å²) >= 11 is 3.40. The first-order chi connectivity index (χ1) is 10.1. The third-order valence-corrected chi connectivity index (χ3v) is 3.77. The minimum atomic E-state index is -0.970. The molecule has 0 aliphatic rings. The van der Waals surface area contributed by atoms with Crippen LogP contribution in [0, 0.1) is 0 Å². The molecule has 0 radical (unpaired) electrons. The zero-order valence-corrected chi connectivity index (χ0v) is 12.7. The molecule has 0 spiro atoms. The number of fused-ring (bicyclic) bond motifs is 1. The maximum Gasteiger partial charge on any atom is 0.337 e. The van der Waals surface area contributed by atoms with E-state index < -0.39 is 5.97 Å². The summed E-state index contributed by atoms with van der Waals surface area (Å²) in [4.78, 5) is 15.6. The summed E-state index contributed by atoms with van der Waals surface area (Å²) in [6.07, 6.45) is 1.56. The normalized spacial score (nSPS) is 10.8. The summed E-state index contributed by atoms with van der Waals surface area (Å²) in [5.74, 6) is 0.454. The molecule has 0 bridgehead atoms. The predicted molar refractivity (Wildman–Crippen MR) is 81.8 cm³/mol. The molecule has 1 N–H and O–H groups in total. The number of pyridine rings is 1. The molecule has 5 nitrogen and oxygen atoms in total. The van der Waals surface area contributed by atoms with E-state index in [1.807, 2.05) is 24.3 Å². The molecule has 2 heterocycles. The number of carbonyl (C=O) groups is 1.